The van der Waals surface area contributed by atoms with Crippen LogP contribution in [0.25, 0.3) is 0 Å². The molecule has 0 saturated carbocycles. The average Bonchev–Trinajstić information content (AvgIpc) is 2.84. The van der Waals surface area contributed by atoms with E-state index in [0.717, 1.165) is 43.7 Å². The van der Waals surface area contributed by atoms with Gasteiger partial charge >= 0.3 is 5.97 Å². The molecule has 0 aromatic heterocycles. The van der Waals surface area contributed by atoms with Crippen LogP contribution in [0.1, 0.15) is 37.3 Å². The number of benzene rings is 1. The summed E-state index contributed by atoms with van der Waals surface area (Å²) in [5.74, 6) is 0.254. The smallest absolute Gasteiger partial charge is 0.310 e. The van der Waals surface area contributed by atoms with Gasteiger partial charge in [0.15, 0.2) is 0 Å². The van der Waals surface area contributed by atoms with E-state index in [1.165, 1.54) is 5.56 Å². The quantitative estimate of drug-likeness (QED) is 0.875. The van der Waals surface area contributed by atoms with E-state index in [0.29, 0.717) is 6.54 Å². The topological polar surface area (TPSA) is 49.8 Å². The van der Waals surface area contributed by atoms with Crippen LogP contribution < -0.4 is 4.74 Å². The molecule has 1 aliphatic heterocycles. The molecule has 1 saturated heterocycles. The van der Waals surface area contributed by atoms with Crippen LogP contribution in [0.15, 0.2) is 18.2 Å². The van der Waals surface area contributed by atoms with Gasteiger partial charge in [0.05, 0.1) is 12.5 Å². The molecular weight excluding hydrogens is 266 g/mol. The predicted molar refractivity (Wildman–Crippen MR) is 82.6 cm³/mol. The largest absolute Gasteiger partial charge is 0.496 e. The molecule has 0 bridgehead atoms. The van der Waals surface area contributed by atoms with E-state index in [1.807, 2.05) is 13.0 Å². The summed E-state index contributed by atoms with van der Waals surface area (Å²) in [6.45, 7) is 6.41. The van der Waals surface area contributed by atoms with Crippen LogP contribution in [0, 0.1) is 12.3 Å². The average molecular weight is 291 g/mol. The van der Waals surface area contributed by atoms with Gasteiger partial charge in [-0.1, -0.05) is 25.5 Å². The van der Waals surface area contributed by atoms with Crippen LogP contribution in [-0.2, 0) is 11.3 Å². The fourth-order valence-electron chi connectivity index (χ4n) is 3.35. The Morgan fingerprint density at radius 1 is 1.48 bits per heavy atom. The minimum atomic E-state index is -0.641. The molecule has 21 heavy (non-hydrogen) atoms. The second kappa shape index (κ2) is 6.48. The first-order valence-corrected chi connectivity index (χ1v) is 7.60. The number of rotatable bonds is 6. The molecule has 116 valence electrons. The third-order valence-corrected chi connectivity index (χ3v) is 4.48. The van der Waals surface area contributed by atoms with Crippen molar-refractivity contribution in [2.45, 2.75) is 39.7 Å². The van der Waals surface area contributed by atoms with Crippen molar-refractivity contribution in [1.82, 2.24) is 4.90 Å². The fourth-order valence-corrected chi connectivity index (χ4v) is 3.35. The van der Waals surface area contributed by atoms with Crippen LogP contribution in [0.5, 0.6) is 5.75 Å². The standard InChI is InChI=1S/C17H25NO3/c1-4-7-17(16(19)20)8-9-18(12-17)11-14-5-6-15(21-3)13(2)10-14/h5-6,10H,4,7-9,11-12H2,1-3H3,(H,19,20). The van der Waals surface area contributed by atoms with E-state index >= 15 is 0 Å². The molecule has 4 nitrogen and oxygen atoms in total. The second-order valence-electron chi connectivity index (χ2n) is 6.10. The van der Waals surface area contributed by atoms with Crippen molar-refractivity contribution in [3.63, 3.8) is 0 Å². The zero-order chi connectivity index (χ0) is 15.5. The highest BCUT2D eigenvalue weighted by atomic mass is 16.5. The molecule has 1 aliphatic rings. The van der Waals surface area contributed by atoms with E-state index in [9.17, 15) is 9.90 Å². The summed E-state index contributed by atoms with van der Waals surface area (Å²) in [5, 5.41) is 9.55. The number of aryl methyl sites for hydroxylation is 1. The first-order valence-electron chi connectivity index (χ1n) is 7.60. The first-order chi connectivity index (χ1) is 10.0. The van der Waals surface area contributed by atoms with Gasteiger partial charge in [-0.25, -0.2) is 0 Å². The molecule has 1 aromatic rings. The molecule has 1 aromatic carbocycles. The number of methoxy groups -OCH3 is 1. The maximum absolute atomic E-state index is 11.6. The Morgan fingerprint density at radius 2 is 2.24 bits per heavy atom. The molecule has 1 N–H and O–H groups in total. The first kappa shape index (κ1) is 15.8. The van der Waals surface area contributed by atoms with Gasteiger partial charge in [-0.2, -0.15) is 0 Å². The Balaban J connectivity index is 2.05. The second-order valence-corrected chi connectivity index (χ2v) is 6.10. The zero-order valence-electron chi connectivity index (χ0n) is 13.2. The minimum Gasteiger partial charge on any atom is -0.496 e. The van der Waals surface area contributed by atoms with E-state index in [1.54, 1.807) is 7.11 Å². The van der Waals surface area contributed by atoms with Crippen LogP contribution >= 0.6 is 0 Å². The number of ether oxygens (including phenoxy) is 1. The lowest BCUT2D eigenvalue weighted by Gasteiger charge is -2.24. The molecule has 0 spiro atoms. The Labute approximate surface area is 126 Å². The van der Waals surface area contributed by atoms with Crippen molar-refractivity contribution < 1.29 is 14.6 Å². The number of likely N-dealkylation sites (tertiary alicyclic amines) is 1. The third-order valence-electron chi connectivity index (χ3n) is 4.48. The monoisotopic (exact) mass is 291 g/mol. The summed E-state index contributed by atoms with van der Waals surface area (Å²) in [5.41, 5.74) is 1.79. The van der Waals surface area contributed by atoms with Gasteiger partial charge in [-0.3, -0.25) is 9.69 Å². The van der Waals surface area contributed by atoms with Crippen LogP contribution in [0.3, 0.4) is 0 Å². The number of carboxylic acid groups (broad SMARTS) is 1. The van der Waals surface area contributed by atoms with Crippen LogP contribution in [0.2, 0.25) is 0 Å². The lowest BCUT2D eigenvalue weighted by molar-refractivity contribution is -0.148. The fraction of sp³-hybridized carbons (Fsp3) is 0.588. The van der Waals surface area contributed by atoms with Gasteiger partial charge in [0.1, 0.15) is 5.75 Å². The number of carboxylic acids is 1. The van der Waals surface area contributed by atoms with Crippen molar-refractivity contribution in [3.8, 4) is 5.75 Å². The molecule has 2 rings (SSSR count). The Bertz CT molecular complexity index is 515. The lowest BCUT2D eigenvalue weighted by atomic mass is 9.83. The van der Waals surface area contributed by atoms with Gasteiger partial charge in [0.2, 0.25) is 0 Å². The maximum atomic E-state index is 11.6. The molecule has 0 aliphatic carbocycles. The molecule has 1 atom stereocenters. The summed E-state index contributed by atoms with van der Waals surface area (Å²) in [6, 6.07) is 6.17. The number of hydrogen-bond acceptors (Lipinski definition) is 3. The van der Waals surface area contributed by atoms with Crippen LogP contribution in [0.4, 0.5) is 0 Å². The summed E-state index contributed by atoms with van der Waals surface area (Å²) in [7, 11) is 1.68. The van der Waals surface area contributed by atoms with Crippen LogP contribution in [-0.4, -0.2) is 36.2 Å². The Morgan fingerprint density at radius 3 is 2.81 bits per heavy atom. The Kier molecular flexibility index (Phi) is 4.88. The van der Waals surface area contributed by atoms with Gasteiger partial charge < -0.3 is 9.84 Å². The van der Waals surface area contributed by atoms with E-state index in [2.05, 4.69) is 24.0 Å². The molecule has 0 radical (unpaired) electrons. The Hall–Kier alpha value is -1.55. The SMILES string of the molecule is CCCC1(C(=O)O)CCN(Cc2ccc(OC)c(C)c2)C1. The zero-order valence-corrected chi connectivity index (χ0v) is 13.2. The summed E-state index contributed by atoms with van der Waals surface area (Å²) in [4.78, 5) is 13.9. The van der Waals surface area contributed by atoms with Gasteiger partial charge in [-0.05, 0) is 43.5 Å². The van der Waals surface area contributed by atoms with Crippen molar-refractivity contribution in [3.05, 3.63) is 29.3 Å². The number of nitrogens with zero attached hydrogens (tertiary/aromatic N) is 1. The number of hydrogen-bond donors (Lipinski definition) is 1. The highest BCUT2D eigenvalue weighted by Gasteiger charge is 2.43. The summed E-state index contributed by atoms with van der Waals surface area (Å²) >= 11 is 0. The number of carbonyl (C=O) groups is 1. The van der Waals surface area contributed by atoms with Crippen molar-refractivity contribution in [2.75, 3.05) is 20.2 Å². The predicted octanol–water partition coefficient (Wildman–Crippen LogP) is 3.08. The summed E-state index contributed by atoms with van der Waals surface area (Å²) < 4.78 is 5.28. The molecular formula is C17H25NO3. The normalized spacial score (nSPS) is 22.4. The van der Waals surface area contributed by atoms with Crippen molar-refractivity contribution in [1.29, 1.82) is 0 Å². The van der Waals surface area contributed by atoms with Crippen molar-refractivity contribution >= 4 is 5.97 Å². The van der Waals surface area contributed by atoms with Gasteiger partial charge in [0, 0.05) is 13.1 Å². The lowest BCUT2D eigenvalue weighted by Crippen LogP contribution is -2.34. The highest BCUT2D eigenvalue weighted by Crippen LogP contribution is 2.36. The highest BCUT2D eigenvalue weighted by molar-refractivity contribution is 5.75. The molecule has 1 fully saturated rings. The number of aliphatic carboxylic acids is 1. The van der Waals surface area contributed by atoms with E-state index in [4.69, 9.17) is 4.74 Å². The van der Waals surface area contributed by atoms with E-state index < -0.39 is 11.4 Å². The molecule has 4 heteroatoms. The molecule has 1 heterocycles. The van der Waals surface area contributed by atoms with E-state index in [-0.39, 0.29) is 0 Å². The maximum Gasteiger partial charge on any atom is 0.310 e. The third kappa shape index (κ3) is 3.38. The van der Waals surface area contributed by atoms with Gasteiger partial charge in [0.25, 0.3) is 0 Å². The minimum absolute atomic E-state index is 0.545. The molecule has 0 amide bonds. The van der Waals surface area contributed by atoms with Crippen molar-refractivity contribution in [2.24, 2.45) is 5.41 Å². The summed E-state index contributed by atoms with van der Waals surface area (Å²) in [6.07, 6.45) is 2.44. The molecule has 1 unspecified atom stereocenters. The van der Waals surface area contributed by atoms with Gasteiger partial charge in [-0.15, -0.1) is 0 Å².